The first kappa shape index (κ1) is 19.1. The number of hydrogen-bond donors (Lipinski definition) is 2. The summed E-state index contributed by atoms with van der Waals surface area (Å²) in [5, 5.41) is 12.0. The topological polar surface area (TPSA) is 40.5 Å². The lowest BCUT2D eigenvalue weighted by molar-refractivity contribution is -0.176. The molecule has 0 radical (unpaired) electrons. The van der Waals surface area contributed by atoms with Crippen molar-refractivity contribution in [1.29, 1.82) is 0 Å². The minimum atomic E-state index is 0.807. The summed E-state index contributed by atoms with van der Waals surface area (Å²) in [7, 11) is 0. The van der Waals surface area contributed by atoms with Crippen LogP contribution in [0.2, 0.25) is 0 Å². The summed E-state index contributed by atoms with van der Waals surface area (Å²) in [6.07, 6.45) is 14.0. The van der Waals surface area contributed by atoms with Crippen LogP contribution in [0.4, 0.5) is 0 Å². The molecule has 0 aliphatic heterocycles. The molecule has 26 heavy (non-hydrogen) atoms. The fourth-order valence-electron chi connectivity index (χ4n) is 4.77. The quantitative estimate of drug-likeness (QED) is 0.444. The van der Waals surface area contributed by atoms with E-state index in [-0.39, 0.29) is 0 Å². The third kappa shape index (κ3) is 4.75. The molecule has 2 aromatic carbocycles. The Morgan fingerprint density at radius 3 is 1.08 bits per heavy atom. The zero-order valence-corrected chi connectivity index (χ0v) is 15.7. The molecule has 0 bridgehead atoms. The zero-order valence-electron chi connectivity index (χ0n) is 15.7. The van der Waals surface area contributed by atoms with Crippen LogP contribution in [0.15, 0.2) is 48.5 Å². The third-order valence-electron chi connectivity index (χ3n) is 6.31. The molecule has 0 aromatic heterocycles. The Morgan fingerprint density at radius 2 is 0.769 bits per heavy atom. The Hall–Kier alpha value is -1.64. The van der Waals surface area contributed by atoms with E-state index in [0.717, 1.165) is 11.8 Å². The minimum absolute atomic E-state index is 0.807. The first-order chi connectivity index (χ1) is 12.9. The van der Waals surface area contributed by atoms with Gasteiger partial charge in [0.15, 0.2) is 0 Å². The smallest absolute Gasteiger partial charge is 0.0162 e. The molecule has 2 aromatic rings. The fraction of sp³-hybridized carbons (Fsp3) is 0.500. The number of rotatable bonds is 3. The van der Waals surface area contributed by atoms with Crippen molar-refractivity contribution in [2.24, 2.45) is 0 Å². The summed E-state index contributed by atoms with van der Waals surface area (Å²) in [5.74, 6) is 1.61. The molecule has 2 heteroatoms. The highest BCUT2D eigenvalue weighted by atomic mass is 17.0. The second-order valence-corrected chi connectivity index (χ2v) is 7.91. The fourth-order valence-corrected chi connectivity index (χ4v) is 4.77. The molecule has 0 saturated heterocycles. The molecule has 0 heterocycles. The van der Waals surface area contributed by atoms with Crippen LogP contribution in [-0.2, 0) is 0 Å². The molecule has 2 aliphatic carbocycles. The Balaban J connectivity index is 0.000000948. The van der Waals surface area contributed by atoms with Crippen LogP contribution in [-0.4, -0.2) is 10.5 Å². The second-order valence-electron chi connectivity index (χ2n) is 7.91. The molecule has 0 spiro atoms. The highest BCUT2D eigenvalue weighted by Gasteiger charge is 2.16. The summed E-state index contributed by atoms with van der Waals surface area (Å²) >= 11 is 0. The van der Waals surface area contributed by atoms with Crippen molar-refractivity contribution in [1.82, 2.24) is 0 Å². The molecular formula is C24H32O2. The maximum atomic E-state index is 6.00. The Bertz CT molecular complexity index is 573. The third-order valence-corrected chi connectivity index (χ3v) is 6.31. The molecule has 2 nitrogen and oxygen atoms in total. The van der Waals surface area contributed by atoms with Gasteiger partial charge in [0.1, 0.15) is 0 Å². The van der Waals surface area contributed by atoms with E-state index in [2.05, 4.69) is 48.5 Å². The van der Waals surface area contributed by atoms with E-state index in [1.165, 1.54) is 75.3 Å². The van der Waals surface area contributed by atoms with Crippen molar-refractivity contribution < 1.29 is 10.5 Å². The normalized spacial score (nSPS) is 18.8. The zero-order chi connectivity index (χ0) is 18.2. The molecular weight excluding hydrogens is 320 g/mol. The van der Waals surface area contributed by atoms with Crippen molar-refractivity contribution in [3.05, 3.63) is 59.7 Å². The predicted octanol–water partition coefficient (Wildman–Crippen LogP) is 7.47. The second kappa shape index (κ2) is 9.89. The van der Waals surface area contributed by atoms with E-state index >= 15 is 0 Å². The molecule has 2 aliphatic rings. The average molecular weight is 353 g/mol. The van der Waals surface area contributed by atoms with E-state index in [0.29, 0.717) is 0 Å². The summed E-state index contributed by atoms with van der Waals surface area (Å²) in [5.41, 5.74) is 5.84. The molecule has 2 N–H and O–H groups in total. The Labute approximate surface area is 157 Å². The maximum absolute atomic E-state index is 6.00. The molecule has 2 saturated carbocycles. The van der Waals surface area contributed by atoms with E-state index in [1.54, 1.807) is 11.1 Å². The maximum Gasteiger partial charge on any atom is -0.0162 e. The van der Waals surface area contributed by atoms with Crippen molar-refractivity contribution >= 4 is 0 Å². The Kier molecular flexibility index (Phi) is 7.28. The lowest BCUT2D eigenvalue weighted by atomic mass is 9.83. The highest BCUT2D eigenvalue weighted by molar-refractivity contribution is 5.64. The first-order valence-corrected chi connectivity index (χ1v) is 10.3. The van der Waals surface area contributed by atoms with Gasteiger partial charge in [-0.15, -0.1) is 0 Å². The average Bonchev–Trinajstić information content (AvgIpc) is 2.77. The molecule has 4 rings (SSSR count). The monoisotopic (exact) mass is 352 g/mol. The highest BCUT2D eigenvalue weighted by Crippen LogP contribution is 2.35. The van der Waals surface area contributed by atoms with Gasteiger partial charge in [0.25, 0.3) is 0 Å². The summed E-state index contributed by atoms with van der Waals surface area (Å²) < 4.78 is 0. The Morgan fingerprint density at radius 1 is 0.462 bits per heavy atom. The van der Waals surface area contributed by atoms with Gasteiger partial charge in [0, 0.05) is 0 Å². The van der Waals surface area contributed by atoms with Gasteiger partial charge in [-0.3, -0.25) is 10.5 Å². The first-order valence-electron chi connectivity index (χ1n) is 10.3. The SMILES string of the molecule is OO.c1cc(C2CCCCC2)ccc1-c1ccc(C2CCCCC2)cc1. The summed E-state index contributed by atoms with van der Waals surface area (Å²) in [4.78, 5) is 0. The minimum Gasteiger partial charge on any atom is -0.255 e. The van der Waals surface area contributed by atoms with Gasteiger partial charge in [-0.05, 0) is 59.8 Å². The van der Waals surface area contributed by atoms with Crippen LogP contribution < -0.4 is 0 Å². The molecule has 140 valence electrons. The summed E-state index contributed by atoms with van der Waals surface area (Å²) in [6.45, 7) is 0. The molecule has 0 amide bonds. The van der Waals surface area contributed by atoms with Crippen molar-refractivity contribution in [3.63, 3.8) is 0 Å². The van der Waals surface area contributed by atoms with E-state index < -0.39 is 0 Å². The largest absolute Gasteiger partial charge is 0.255 e. The predicted molar refractivity (Wildman–Crippen MR) is 109 cm³/mol. The van der Waals surface area contributed by atoms with Crippen LogP contribution in [0, 0.1) is 0 Å². The van der Waals surface area contributed by atoms with Gasteiger partial charge >= 0.3 is 0 Å². The standard InChI is InChI=1S/C24H30.H2O2/c1-3-7-19(8-4-1)21-11-15-23(16-12-21)24-17-13-22(14-18-24)20-9-5-2-6-10-20;1-2/h11-20H,1-10H2;1-2H. The van der Waals surface area contributed by atoms with Gasteiger partial charge in [0.05, 0.1) is 0 Å². The van der Waals surface area contributed by atoms with E-state index in [9.17, 15) is 0 Å². The van der Waals surface area contributed by atoms with E-state index in [4.69, 9.17) is 10.5 Å². The van der Waals surface area contributed by atoms with Gasteiger partial charge in [-0.25, -0.2) is 0 Å². The van der Waals surface area contributed by atoms with Crippen LogP contribution in [0.1, 0.15) is 87.2 Å². The number of hydrogen-bond acceptors (Lipinski definition) is 2. The van der Waals surface area contributed by atoms with Crippen molar-refractivity contribution in [2.75, 3.05) is 0 Å². The summed E-state index contributed by atoms with van der Waals surface area (Å²) in [6, 6.07) is 18.8. The van der Waals surface area contributed by atoms with Crippen LogP contribution in [0.5, 0.6) is 0 Å². The van der Waals surface area contributed by atoms with Crippen molar-refractivity contribution in [3.8, 4) is 11.1 Å². The molecule has 2 fully saturated rings. The van der Waals surface area contributed by atoms with Gasteiger partial charge < -0.3 is 0 Å². The van der Waals surface area contributed by atoms with Gasteiger partial charge in [-0.1, -0.05) is 87.1 Å². The van der Waals surface area contributed by atoms with Crippen LogP contribution in [0.25, 0.3) is 11.1 Å². The molecule has 0 atom stereocenters. The van der Waals surface area contributed by atoms with E-state index in [1.807, 2.05) is 0 Å². The lowest BCUT2D eigenvalue weighted by Crippen LogP contribution is -2.04. The van der Waals surface area contributed by atoms with Crippen molar-refractivity contribution in [2.45, 2.75) is 76.0 Å². The lowest BCUT2D eigenvalue weighted by Gasteiger charge is -2.22. The van der Waals surface area contributed by atoms with Gasteiger partial charge in [-0.2, -0.15) is 0 Å². The number of benzene rings is 2. The van der Waals surface area contributed by atoms with Gasteiger partial charge in [0.2, 0.25) is 0 Å². The molecule has 0 unspecified atom stereocenters. The van der Waals surface area contributed by atoms with Crippen LogP contribution in [0.3, 0.4) is 0 Å². The van der Waals surface area contributed by atoms with Crippen LogP contribution >= 0.6 is 0 Å².